The highest BCUT2D eigenvalue weighted by Gasteiger charge is 2.11. The molecule has 0 aliphatic carbocycles. The third-order valence-corrected chi connectivity index (χ3v) is 2.60. The minimum atomic E-state index is 0.529. The standard InChI is InChI=1S/C10H14S/c1-4-10(8(2)3)9-5-6-11-7-9/h4-8,10H,1H2,2-3H3/t10-/m0/s1. The van der Waals surface area contributed by atoms with Gasteiger partial charge >= 0.3 is 0 Å². The van der Waals surface area contributed by atoms with Crippen LogP contribution in [0.1, 0.15) is 25.3 Å². The number of rotatable bonds is 3. The highest BCUT2D eigenvalue weighted by Crippen LogP contribution is 2.26. The first-order valence-electron chi connectivity index (χ1n) is 3.90. The smallest absolute Gasteiger partial charge is 0.00465 e. The van der Waals surface area contributed by atoms with Crippen molar-refractivity contribution in [3.05, 3.63) is 35.0 Å². The lowest BCUT2D eigenvalue weighted by molar-refractivity contribution is 0.580. The predicted octanol–water partition coefficient (Wildman–Crippen LogP) is 3.67. The van der Waals surface area contributed by atoms with Crippen LogP contribution < -0.4 is 0 Å². The molecule has 0 aliphatic rings. The maximum absolute atomic E-state index is 3.84. The van der Waals surface area contributed by atoms with Crippen molar-refractivity contribution in [2.45, 2.75) is 19.8 Å². The molecule has 0 aliphatic heterocycles. The summed E-state index contributed by atoms with van der Waals surface area (Å²) >= 11 is 1.75. The molecule has 1 atom stereocenters. The largest absolute Gasteiger partial charge is 0.152 e. The highest BCUT2D eigenvalue weighted by atomic mass is 32.1. The second kappa shape index (κ2) is 3.72. The zero-order valence-electron chi connectivity index (χ0n) is 7.08. The molecule has 0 saturated carbocycles. The van der Waals surface area contributed by atoms with Crippen LogP contribution in [0.25, 0.3) is 0 Å². The maximum atomic E-state index is 3.84. The topological polar surface area (TPSA) is 0 Å². The fourth-order valence-corrected chi connectivity index (χ4v) is 1.96. The Kier molecular flexibility index (Phi) is 2.89. The molecule has 0 saturated heterocycles. The molecule has 1 heterocycles. The molecule has 0 unspecified atom stereocenters. The van der Waals surface area contributed by atoms with Gasteiger partial charge in [-0.25, -0.2) is 0 Å². The van der Waals surface area contributed by atoms with E-state index in [1.54, 1.807) is 11.3 Å². The van der Waals surface area contributed by atoms with Gasteiger partial charge in [-0.1, -0.05) is 19.9 Å². The third-order valence-electron chi connectivity index (χ3n) is 1.90. The molecule has 11 heavy (non-hydrogen) atoms. The summed E-state index contributed by atoms with van der Waals surface area (Å²) in [6.07, 6.45) is 2.03. The summed E-state index contributed by atoms with van der Waals surface area (Å²) in [5.41, 5.74) is 1.40. The summed E-state index contributed by atoms with van der Waals surface area (Å²) in [4.78, 5) is 0. The number of allylic oxidation sites excluding steroid dienone is 1. The summed E-state index contributed by atoms with van der Waals surface area (Å²) < 4.78 is 0. The monoisotopic (exact) mass is 166 g/mol. The summed E-state index contributed by atoms with van der Waals surface area (Å²) in [6, 6.07) is 2.18. The molecule has 0 aromatic carbocycles. The van der Waals surface area contributed by atoms with Gasteiger partial charge in [-0.3, -0.25) is 0 Å². The molecule has 0 radical (unpaired) electrons. The van der Waals surface area contributed by atoms with Gasteiger partial charge in [0.1, 0.15) is 0 Å². The minimum Gasteiger partial charge on any atom is -0.152 e. The summed E-state index contributed by atoms with van der Waals surface area (Å²) in [5.74, 6) is 1.18. The van der Waals surface area contributed by atoms with E-state index in [1.807, 2.05) is 6.08 Å². The molecule has 1 aromatic heterocycles. The van der Waals surface area contributed by atoms with Crippen molar-refractivity contribution in [1.29, 1.82) is 0 Å². The average Bonchev–Trinajstić information content (AvgIpc) is 2.40. The Morgan fingerprint density at radius 2 is 2.27 bits per heavy atom. The molecule has 1 rings (SSSR count). The zero-order valence-corrected chi connectivity index (χ0v) is 7.90. The van der Waals surface area contributed by atoms with Gasteiger partial charge in [-0.05, 0) is 28.3 Å². The van der Waals surface area contributed by atoms with Crippen LogP contribution >= 0.6 is 11.3 Å². The van der Waals surface area contributed by atoms with Crippen molar-refractivity contribution >= 4 is 11.3 Å². The number of hydrogen-bond acceptors (Lipinski definition) is 1. The fourth-order valence-electron chi connectivity index (χ4n) is 1.26. The van der Waals surface area contributed by atoms with E-state index >= 15 is 0 Å². The molecule has 0 bridgehead atoms. The van der Waals surface area contributed by atoms with Crippen molar-refractivity contribution in [3.8, 4) is 0 Å². The second-order valence-electron chi connectivity index (χ2n) is 3.06. The first kappa shape index (κ1) is 8.54. The van der Waals surface area contributed by atoms with Crippen LogP contribution in [0, 0.1) is 5.92 Å². The molecule has 0 N–H and O–H groups in total. The lowest BCUT2D eigenvalue weighted by atomic mass is 9.91. The van der Waals surface area contributed by atoms with E-state index < -0.39 is 0 Å². The van der Waals surface area contributed by atoms with Crippen molar-refractivity contribution in [1.82, 2.24) is 0 Å². The Bertz CT molecular complexity index is 209. The maximum Gasteiger partial charge on any atom is 0.00465 e. The van der Waals surface area contributed by atoms with Crippen LogP contribution in [-0.2, 0) is 0 Å². The first-order chi connectivity index (χ1) is 5.25. The lowest BCUT2D eigenvalue weighted by Gasteiger charge is -2.14. The SMILES string of the molecule is C=C[C@H](c1ccsc1)C(C)C. The van der Waals surface area contributed by atoms with Crippen LogP contribution in [0.2, 0.25) is 0 Å². The van der Waals surface area contributed by atoms with Crippen LogP contribution in [0.15, 0.2) is 29.5 Å². The van der Waals surface area contributed by atoms with Gasteiger partial charge in [0.15, 0.2) is 0 Å². The minimum absolute atomic E-state index is 0.529. The Labute approximate surface area is 72.6 Å². The van der Waals surface area contributed by atoms with E-state index in [0.717, 1.165) is 0 Å². The quantitative estimate of drug-likeness (QED) is 0.601. The van der Waals surface area contributed by atoms with E-state index in [9.17, 15) is 0 Å². The fraction of sp³-hybridized carbons (Fsp3) is 0.400. The summed E-state index contributed by atoms with van der Waals surface area (Å²) in [6.45, 7) is 8.30. The normalized spacial score (nSPS) is 13.4. The van der Waals surface area contributed by atoms with Gasteiger partial charge in [-0.15, -0.1) is 6.58 Å². The second-order valence-corrected chi connectivity index (χ2v) is 3.84. The first-order valence-corrected chi connectivity index (χ1v) is 4.84. The predicted molar refractivity (Wildman–Crippen MR) is 52.1 cm³/mol. The number of hydrogen-bond donors (Lipinski definition) is 0. The molecule has 0 spiro atoms. The number of thiophene rings is 1. The van der Waals surface area contributed by atoms with Gasteiger partial charge in [0.25, 0.3) is 0 Å². The van der Waals surface area contributed by atoms with E-state index in [-0.39, 0.29) is 0 Å². The zero-order chi connectivity index (χ0) is 8.27. The Hall–Kier alpha value is -0.560. The van der Waals surface area contributed by atoms with E-state index in [4.69, 9.17) is 0 Å². The van der Waals surface area contributed by atoms with Gasteiger partial charge in [-0.2, -0.15) is 11.3 Å². The van der Waals surface area contributed by atoms with Crippen molar-refractivity contribution < 1.29 is 0 Å². The third kappa shape index (κ3) is 1.93. The molecular weight excluding hydrogens is 152 g/mol. The lowest BCUT2D eigenvalue weighted by Crippen LogP contribution is -2.01. The molecule has 1 aromatic rings. The Morgan fingerprint density at radius 3 is 2.64 bits per heavy atom. The summed E-state index contributed by atoms with van der Waals surface area (Å²) in [5, 5.41) is 4.32. The van der Waals surface area contributed by atoms with E-state index in [0.29, 0.717) is 11.8 Å². The average molecular weight is 166 g/mol. The molecule has 0 amide bonds. The van der Waals surface area contributed by atoms with Crippen molar-refractivity contribution in [2.75, 3.05) is 0 Å². The molecule has 1 heteroatoms. The van der Waals surface area contributed by atoms with Gasteiger partial charge < -0.3 is 0 Å². The van der Waals surface area contributed by atoms with Crippen LogP contribution in [0.4, 0.5) is 0 Å². The van der Waals surface area contributed by atoms with Crippen molar-refractivity contribution in [2.24, 2.45) is 5.92 Å². The van der Waals surface area contributed by atoms with Gasteiger partial charge in [0.05, 0.1) is 0 Å². The molecular formula is C10H14S. The van der Waals surface area contributed by atoms with Crippen LogP contribution in [0.3, 0.4) is 0 Å². The highest BCUT2D eigenvalue weighted by molar-refractivity contribution is 7.07. The van der Waals surface area contributed by atoms with E-state index in [1.165, 1.54) is 5.56 Å². The molecule has 0 nitrogen and oxygen atoms in total. The molecule has 0 fully saturated rings. The van der Waals surface area contributed by atoms with Gasteiger partial charge in [0.2, 0.25) is 0 Å². The molecule has 60 valence electrons. The Morgan fingerprint density at radius 1 is 1.55 bits per heavy atom. The van der Waals surface area contributed by atoms with Crippen LogP contribution in [0.5, 0.6) is 0 Å². The van der Waals surface area contributed by atoms with Crippen molar-refractivity contribution in [3.63, 3.8) is 0 Å². The van der Waals surface area contributed by atoms with E-state index in [2.05, 4.69) is 37.3 Å². The summed E-state index contributed by atoms with van der Waals surface area (Å²) in [7, 11) is 0. The van der Waals surface area contributed by atoms with Gasteiger partial charge in [0, 0.05) is 5.92 Å². The van der Waals surface area contributed by atoms with Crippen LogP contribution in [-0.4, -0.2) is 0 Å². The Balaban J connectivity index is 2.79.